The molecule has 0 heterocycles. The number of hydrogen-bond acceptors (Lipinski definition) is 6. The number of anilines is 1. The van der Waals surface area contributed by atoms with Crippen LogP contribution >= 0.6 is 11.8 Å². The first kappa shape index (κ1) is 21.8. The van der Waals surface area contributed by atoms with Crippen LogP contribution in [0.15, 0.2) is 78.9 Å². The van der Waals surface area contributed by atoms with E-state index < -0.39 is 5.97 Å². The molecule has 0 aliphatic rings. The van der Waals surface area contributed by atoms with E-state index in [1.807, 2.05) is 31.3 Å². The standard InChI is InChI=1S/C24H19N3O3S/c1-17-7-11-20(12-8-17)27(16-25)24(26)31-22(28)15-18-9-13-21(14-10-18)30-23(29)19-5-3-2-4-6-19/h2-14,26H,15H2,1H3. The molecule has 0 amide bonds. The van der Waals surface area contributed by atoms with Crippen molar-refractivity contribution >= 4 is 33.7 Å². The maximum atomic E-state index is 12.4. The van der Waals surface area contributed by atoms with Gasteiger partial charge in [0, 0.05) is 6.42 Å². The Morgan fingerprint density at radius 1 is 1.00 bits per heavy atom. The number of carbonyl (C=O) groups excluding carboxylic acids is 2. The Morgan fingerprint density at radius 2 is 1.65 bits per heavy atom. The Labute approximate surface area is 184 Å². The lowest BCUT2D eigenvalue weighted by atomic mass is 10.1. The second-order valence-corrected chi connectivity index (χ2v) is 7.67. The van der Waals surface area contributed by atoms with Gasteiger partial charge in [-0.3, -0.25) is 10.2 Å². The fraction of sp³-hybridized carbons (Fsp3) is 0.0833. The van der Waals surface area contributed by atoms with Crippen LogP contribution in [-0.2, 0) is 11.2 Å². The summed E-state index contributed by atoms with van der Waals surface area (Å²) in [6, 6.07) is 22.4. The van der Waals surface area contributed by atoms with Crippen molar-refractivity contribution in [1.82, 2.24) is 0 Å². The zero-order valence-electron chi connectivity index (χ0n) is 16.7. The molecular formula is C24H19N3O3S. The Bertz CT molecular complexity index is 1120. The van der Waals surface area contributed by atoms with Crippen LogP contribution in [0.1, 0.15) is 21.5 Å². The van der Waals surface area contributed by atoms with Crippen LogP contribution in [0.25, 0.3) is 0 Å². The molecule has 3 aromatic rings. The van der Waals surface area contributed by atoms with Gasteiger partial charge in [0.1, 0.15) is 5.75 Å². The van der Waals surface area contributed by atoms with Crippen molar-refractivity contribution in [1.29, 1.82) is 10.7 Å². The lowest BCUT2D eigenvalue weighted by Crippen LogP contribution is -2.23. The van der Waals surface area contributed by atoms with E-state index in [2.05, 4.69) is 0 Å². The number of carbonyl (C=O) groups is 2. The van der Waals surface area contributed by atoms with Gasteiger partial charge in [-0.25, -0.2) is 9.69 Å². The minimum Gasteiger partial charge on any atom is -0.423 e. The van der Waals surface area contributed by atoms with Crippen molar-refractivity contribution in [2.45, 2.75) is 13.3 Å². The smallest absolute Gasteiger partial charge is 0.343 e. The summed E-state index contributed by atoms with van der Waals surface area (Å²) in [4.78, 5) is 25.6. The highest BCUT2D eigenvalue weighted by Crippen LogP contribution is 2.21. The number of amidine groups is 1. The summed E-state index contributed by atoms with van der Waals surface area (Å²) < 4.78 is 5.32. The van der Waals surface area contributed by atoms with E-state index in [9.17, 15) is 14.9 Å². The number of aryl methyl sites for hydroxylation is 1. The predicted octanol–water partition coefficient (Wildman–Crippen LogP) is 4.94. The number of ether oxygens (including phenoxy) is 1. The SMILES string of the molecule is Cc1ccc(N(C#N)C(=N)SC(=O)Cc2ccc(OC(=O)c3ccccc3)cc2)cc1. The Balaban J connectivity index is 1.56. The van der Waals surface area contributed by atoms with E-state index in [1.165, 1.54) is 0 Å². The van der Waals surface area contributed by atoms with Gasteiger partial charge in [0.05, 0.1) is 11.3 Å². The highest BCUT2D eigenvalue weighted by molar-refractivity contribution is 8.26. The Morgan fingerprint density at radius 3 is 2.26 bits per heavy atom. The maximum absolute atomic E-state index is 12.4. The zero-order valence-corrected chi connectivity index (χ0v) is 17.6. The third kappa shape index (κ3) is 6.04. The van der Waals surface area contributed by atoms with E-state index >= 15 is 0 Å². The highest BCUT2D eigenvalue weighted by atomic mass is 32.2. The summed E-state index contributed by atoms with van der Waals surface area (Å²) in [7, 11) is 0. The molecule has 0 atom stereocenters. The molecule has 0 radical (unpaired) electrons. The molecule has 6 nitrogen and oxygen atoms in total. The lowest BCUT2D eigenvalue weighted by Gasteiger charge is -2.15. The van der Waals surface area contributed by atoms with Crippen molar-refractivity contribution < 1.29 is 14.3 Å². The number of benzene rings is 3. The molecule has 0 aromatic heterocycles. The van der Waals surface area contributed by atoms with Crippen LogP contribution in [0, 0.1) is 23.8 Å². The number of thioether (sulfide) groups is 1. The van der Waals surface area contributed by atoms with Crippen molar-refractivity contribution in [2.75, 3.05) is 4.90 Å². The van der Waals surface area contributed by atoms with E-state index in [1.54, 1.807) is 60.7 Å². The summed E-state index contributed by atoms with van der Waals surface area (Å²) in [6.45, 7) is 1.93. The Kier molecular flexibility index (Phi) is 7.20. The van der Waals surface area contributed by atoms with Gasteiger partial charge < -0.3 is 4.74 Å². The molecule has 0 unspecified atom stereocenters. The molecule has 0 bridgehead atoms. The van der Waals surface area contributed by atoms with E-state index in [4.69, 9.17) is 10.1 Å². The van der Waals surface area contributed by atoms with Crippen molar-refractivity contribution in [3.63, 3.8) is 0 Å². The first-order valence-electron chi connectivity index (χ1n) is 9.38. The van der Waals surface area contributed by atoms with Crippen LogP contribution in [0.3, 0.4) is 0 Å². The van der Waals surface area contributed by atoms with Gasteiger partial charge in [-0.15, -0.1) is 0 Å². The van der Waals surface area contributed by atoms with Gasteiger partial charge in [0.15, 0.2) is 11.4 Å². The molecule has 0 saturated carbocycles. The average molecular weight is 430 g/mol. The fourth-order valence-corrected chi connectivity index (χ4v) is 3.38. The summed E-state index contributed by atoms with van der Waals surface area (Å²) in [5, 5.41) is 17.1. The predicted molar refractivity (Wildman–Crippen MR) is 121 cm³/mol. The number of nitrogens with zero attached hydrogens (tertiary/aromatic N) is 2. The second-order valence-electron chi connectivity index (χ2n) is 6.63. The first-order chi connectivity index (χ1) is 15.0. The second kappa shape index (κ2) is 10.2. The molecule has 154 valence electrons. The van der Waals surface area contributed by atoms with Crippen LogP contribution in [0.4, 0.5) is 5.69 Å². The molecule has 31 heavy (non-hydrogen) atoms. The van der Waals surface area contributed by atoms with Gasteiger partial charge in [0.2, 0.25) is 5.12 Å². The topological polar surface area (TPSA) is 94.2 Å². The van der Waals surface area contributed by atoms with Crippen molar-refractivity contribution in [3.05, 3.63) is 95.6 Å². The average Bonchev–Trinajstić information content (AvgIpc) is 2.77. The summed E-state index contributed by atoms with van der Waals surface area (Å²) in [6.07, 6.45) is 2.01. The lowest BCUT2D eigenvalue weighted by molar-refractivity contribution is -0.110. The first-order valence-corrected chi connectivity index (χ1v) is 10.2. The third-order valence-corrected chi connectivity index (χ3v) is 5.05. The van der Waals surface area contributed by atoms with Crippen molar-refractivity contribution in [3.8, 4) is 11.9 Å². The van der Waals surface area contributed by atoms with Crippen LogP contribution in [0.5, 0.6) is 5.75 Å². The number of rotatable bonds is 5. The molecule has 3 aromatic carbocycles. The molecule has 0 fully saturated rings. The zero-order chi connectivity index (χ0) is 22.2. The monoisotopic (exact) mass is 429 g/mol. The van der Waals surface area contributed by atoms with Crippen LogP contribution in [-0.4, -0.2) is 16.3 Å². The minimum absolute atomic E-state index is 0.0765. The molecule has 0 aliphatic carbocycles. The number of esters is 1. The van der Waals surface area contributed by atoms with Gasteiger partial charge >= 0.3 is 5.97 Å². The van der Waals surface area contributed by atoms with E-state index in [0.29, 0.717) is 34.3 Å². The molecule has 7 heteroatoms. The molecular weight excluding hydrogens is 410 g/mol. The number of hydrogen-bond donors (Lipinski definition) is 1. The highest BCUT2D eigenvalue weighted by Gasteiger charge is 2.17. The van der Waals surface area contributed by atoms with E-state index in [-0.39, 0.29) is 16.7 Å². The largest absolute Gasteiger partial charge is 0.423 e. The van der Waals surface area contributed by atoms with Gasteiger partial charge in [-0.2, -0.15) is 5.26 Å². The van der Waals surface area contributed by atoms with Crippen molar-refractivity contribution in [2.24, 2.45) is 0 Å². The van der Waals surface area contributed by atoms with Gasteiger partial charge in [-0.05, 0) is 60.6 Å². The van der Waals surface area contributed by atoms with Crippen LogP contribution in [0.2, 0.25) is 0 Å². The normalized spacial score (nSPS) is 10.1. The summed E-state index contributed by atoms with van der Waals surface area (Å²) >= 11 is 0.701. The molecule has 0 aliphatic heterocycles. The third-order valence-electron chi connectivity index (χ3n) is 4.30. The number of nitriles is 1. The van der Waals surface area contributed by atoms with Gasteiger partial charge in [-0.1, -0.05) is 48.0 Å². The molecule has 3 rings (SSSR count). The maximum Gasteiger partial charge on any atom is 0.343 e. The van der Waals surface area contributed by atoms with Gasteiger partial charge in [0.25, 0.3) is 0 Å². The van der Waals surface area contributed by atoms with E-state index in [0.717, 1.165) is 10.5 Å². The number of nitrogens with one attached hydrogen (secondary N) is 1. The summed E-state index contributed by atoms with van der Waals surface area (Å²) in [5.74, 6) is -0.0818. The van der Waals surface area contributed by atoms with Crippen LogP contribution < -0.4 is 9.64 Å². The quantitative estimate of drug-likeness (QED) is 0.154. The molecule has 0 spiro atoms. The minimum atomic E-state index is -0.457. The molecule has 1 N–H and O–H groups in total. The Hall–Kier alpha value is -3.89. The summed E-state index contributed by atoms with van der Waals surface area (Å²) in [5.41, 5.74) is 2.73. The fourth-order valence-electron chi connectivity index (χ4n) is 2.69. The molecule has 0 saturated heterocycles.